The minimum Gasteiger partial charge on any atom is -0.0952 e. The molecular formula is C21H24. The quantitative estimate of drug-likeness (QED) is 0.580. The first kappa shape index (κ1) is 15.3. The van der Waals surface area contributed by atoms with Crippen molar-refractivity contribution in [2.24, 2.45) is 5.92 Å². The summed E-state index contributed by atoms with van der Waals surface area (Å²) in [7, 11) is 0. The van der Waals surface area contributed by atoms with E-state index in [0.29, 0.717) is 11.8 Å². The Morgan fingerprint density at radius 3 is 2.62 bits per heavy atom. The van der Waals surface area contributed by atoms with Crippen molar-refractivity contribution in [1.82, 2.24) is 0 Å². The van der Waals surface area contributed by atoms with E-state index >= 15 is 0 Å². The molecule has 2 unspecified atom stereocenters. The summed E-state index contributed by atoms with van der Waals surface area (Å²) >= 11 is 0. The van der Waals surface area contributed by atoms with Gasteiger partial charge in [-0.25, -0.2) is 0 Å². The van der Waals surface area contributed by atoms with Crippen molar-refractivity contribution in [3.8, 4) is 0 Å². The van der Waals surface area contributed by atoms with Gasteiger partial charge in [-0.05, 0) is 37.3 Å². The Morgan fingerprint density at radius 2 is 2.00 bits per heavy atom. The standard InChI is InChI=1S/C21H24/c1-4-11-17(2)16-18(3)21(19-12-7-5-8-13-19)20-14-9-6-10-15-20/h4-14,16,20-21H,3,15H2,1-2H3/b11-4-,17-16-. The van der Waals surface area contributed by atoms with E-state index in [1.807, 2.05) is 6.92 Å². The predicted molar refractivity (Wildman–Crippen MR) is 93.3 cm³/mol. The molecule has 1 aliphatic carbocycles. The maximum absolute atomic E-state index is 4.36. The second kappa shape index (κ2) is 7.64. The van der Waals surface area contributed by atoms with Crippen LogP contribution in [-0.4, -0.2) is 0 Å². The van der Waals surface area contributed by atoms with Crippen molar-refractivity contribution in [1.29, 1.82) is 0 Å². The molecule has 0 fully saturated rings. The van der Waals surface area contributed by atoms with Crippen LogP contribution in [0.25, 0.3) is 0 Å². The Kier molecular flexibility index (Phi) is 5.57. The molecule has 2 atom stereocenters. The molecule has 0 N–H and O–H groups in total. The first-order chi connectivity index (χ1) is 10.2. The summed E-state index contributed by atoms with van der Waals surface area (Å²) in [4.78, 5) is 0. The molecule has 1 aromatic carbocycles. The molecule has 0 saturated carbocycles. The normalized spacial score (nSPS) is 19.9. The highest BCUT2D eigenvalue weighted by Crippen LogP contribution is 2.36. The second-order valence-electron chi connectivity index (χ2n) is 5.56. The van der Waals surface area contributed by atoms with Crippen molar-refractivity contribution >= 4 is 0 Å². The van der Waals surface area contributed by atoms with Gasteiger partial charge in [-0.3, -0.25) is 0 Å². The van der Waals surface area contributed by atoms with Gasteiger partial charge in [0, 0.05) is 5.92 Å². The van der Waals surface area contributed by atoms with E-state index in [-0.39, 0.29) is 0 Å². The van der Waals surface area contributed by atoms with Crippen LogP contribution < -0.4 is 0 Å². The fraction of sp³-hybridized carbons (Fsp3) is 0.238. The fourth-order valence-electron chi connectivity index (χ4n) is 2.94. The van der Waals surface area contributed by atoms with Crippen LogP contribution in [0.5, 0.6) is 0 Å². The molecule has 21 heavy (non-hydrogen) atoms. The zero-order valence-electron chi connectivity index (χ0n) is 13.0. The summed E-state index contributed by atoms with van der Waals surface area (Å²) < 4.78 is 0. The van der Waals surface area contributed by atoms with Crippen LogP contribution in [0.1, 0.15) is 31.7 Å². The summed E-state index contributed by atoms with van der Waals surface area (Å²) in [6.45, 7) is 8.53. The molecule has 108 valence electrons. The zero-order valence-corrected chi connectivity index (χ0v) is 13.0. The lowest BCUT2D eigenvalue weighted by Crippen LogP contribution is -2.13. The average molecular weight is 276 g/mol. The summed E-state index contributed by atoms with van der Waals surface area (Å²) in [5.41, 5.74) is 3.78. The van der Waals surface area contributed by atoms with E-state index in [1.165, 1.54) is 16.7 Å². The molecule has 0 heteroatoms. The van der Waals surface area contributed by atoms with Crippen LogP contribution in [0, 0.1) is 5.92 Å². The summed E-state index contributed by atoms with van der Waals surface area (Å²) in [5.74, 6) is 0.826. The molecule has 1 aliphatic rings. The molecular weight excluding hydrogens is 252 g/mol. The largest absolute Gasteiger partial charge is 0.0952 e. The van der Waals surface area contributed by atoms with E-state index in [2.05, 4.69) is 86.4 Å². The van der Waals surface area contributed by atoms with Crippen LogP contribution in [0.4, 0.5) is 0 Å². The molecule has 0 aliphatic heterocycles. The van der Waals surface area contributed by atoms with Gasteiger partial charge in [0.25, 0.3) is 0 Å². The highest BCUT2D eigenvalue weighted by molar-refractivity contribution is 5.39. The number of benzene rings is 1. The van der Waals surface area contributed by atoms with E-state index in [1.54, 1.807) is 0 Å². The van der Waals surface area contributed by atoms with Gasteiger partial charge >= 0.3 is 0 Å². The topological polar surface area (TPSA) is 0 Å². The van der Waals surface area contributed by atoms with Gasteiger partial charge in [0.2, 0.25) is 0 Å². The fourth-order valence-corrected chi connectivity index (χ4v) is 2.94. The van der Waals surface area contributed by atoms with E-state index in [4.69, 9.17) is 0 Å². The van der Waals surface area contributed by atoms with Gasteiger partial charge in [0.05, 0.1) is 0 Å². The van der Waals surface area contributed by atoms with Gasteiger partial charge in [-0.15, -0.1) is 0 Å². The van der Waals surface area contributed by atoms with Gasteiger partial charge in [-0.2, -0.15) is 0 Å². The van der Waals surface area contributed by atoms with Crippen molar-refractivity contribution in [2.45, 2.75) is 26.2 Å². The van der Waals surface area contributed by atoms with Crippen LogP contribution in [-0.2, 0) is 0 Å². The van der Waals surface area contributed by atoms with E-state index in [0.717, 1.165) is 6.42 Å². The number of hydrogen-bond donors (Lipinski definition) is 0. The molecule has 0 amide bonds. The van der Waals surface area contributed by atoms with E-state index < -0.39 is 0 Å². The molecule has 1 aromatic rings. The SMILES string of the molecule is C=C(/C=C(C)\C=C/C)C(c1ccccc1)C1C=CC=CC1. The number of hydrogen-bond acceptors (Lipinski definition) is 0. The predicted octanol–water partition coefficient (Wildman–Crippen LogP) is 5.98. The maximum atomic E-state index is 4.36. The first-order valence-electron chi connectivity index (χ1n) is 7.60. The van der Waals surface area contributed by atoms with Gasteiger partial charge in [0.1, 0.15) is 0 Å². The van der Waals surface area contributed by atoms with Gasteiger partial charge in [0.15, 0.2) is 0 Å². The zero-order chi connectivity index (χ0) is 15.1. The first-order valence-corrected chi connectivity index (χ1v) is 7.60. The molecule has 0 radical (unpaired) electrons. The van der Waals surface area contributed by atoms with Crippen molar-refractivity contribution in [3.63, 3.8) is 0 Å². The Labute approximate surface area is 128 Å². The second-order valence-corrected chi connectivity index (χ2v) is 5.56. The highest BCUT2D eigenvalue weighted by Gasteiger charge is 2.22. The van der Waals surface area contributed by atoms with Crippen molar-refractivity contribution in [2.75, 3.05) is 0 Å². The third-order valence-corrected chi connectivity index (χ3v) is 3.84. The van der Waals surface area contributed by atoms with Gasteiger partial charge < -0.3 is 0 Å². The Bertz CT molecular complexity index is 582. The lowest BCUT2D eigenvalue weighted by atomic mass is 9.77. The Morgan fingerprint density at radius 1 is 1.24 bits per heavy atom. The summed E-state index contributed by atoms with van der Waals surface area (Å²) in [6.07, 6.45) is 16.3. The molecule has 0 saturated heterocycles. The van der Waals surface area contributed by atoms with Crippen LogP contribution >= 0.6 is 0 Å². The number of allylic oxidation sites excluding steroid dienone is 9. The molecule has 0 nitrogen and oxygen atoms in total. The molecule has 0 aromatic heterocycles. The molecule has 0 bridgehead atoms. The lowest BCUT2D eigenvalue weighted by Gasteiger charge is -2.26. The molecule has 0 heterocycles. The third-order valence-electron chi connectivity index (χ3n) is 3.84. The molecule has 2 rings (SSSR count). The lowest BCUT2D eigenvalue weighted by molar-refractivity contribution is 0.572. The average Bonchev–Trinajstić information content (AvgIpc) is 2.50. The summed E-state index contributed by atoms with van der Waals surface area (Å²) in [5, 5.41) is 0. The van der Waals surface area contributed by atoms with Crippen LogP contribution in [0.15, 0.2) is 90.6 Å². The van der Waals surface area contributed by atoms with Crippen LogP contribution in [0.2, 0.25) is 0 Å². The Balaban J connectivity index is 2.32. The summed E-state index contributed by atoms with van der Waals surface area (Å²) in [6, 6.07) is 10.7. The number of rotatable bonds is 5. The monoisotopic (exact) mass is 276 g/mol. The minimum absolute atomic E-state index is 0.340. The third kappa shape index (κ3) is 4.19. The highest BCUT2D eigenvalue weighted by atomic mass is 14.3. The Hall–Kier alpha value is -2.08. The van der Waals surface area contributed by atoms with Crippen molar-refractivity contribution < 1.29 is 0 Å². The van der Waals surface area contributed by atoms with Crippen molar-refractivity contribution in [3.05, 3.63) is 96.2 Å². The van der Waals surface area contributed by atoms with Crippen LogP contribution in [0.3, 0.4) is 0 Å². The minimum atomic E-state index is 0.340. The van der Waals surface area contributed by atoms with Gasteiger partial charge in [-0.1, -0.05) is 85.0 Å². The molecule has 0 spiro atoms. The maximum Gasteiger partial charge on any atom is 0.0149 e. The van der Waals surface area contributed by atoms with E-state index in [9.17, 15) is 0 Å². The smallest absolute Gasteiger partial charge is 0.0149 e.